The van der Waals surface area contributed by atoms with Crippen LogP contribution in [0.4, 0.5) is 17.1 Å². The van der Waals surface area contributed by atoms with Crippen molar-refractivity contribution in [1.82, 2.24) is 9.97 Å². The number of anilines is 1. The Balaban J connectivity index is 1.84. The lowest BCUT2D eigenvalue weighted by Gasteiger charge is -2.11. The van der Waals surface area contributed by atoms with E-state index in [1.54, 1.807) is 12.1 Å². The van der Waals surface area contributed by atoms with Crippen molar-refractivity contribution in [1.29, 1.82) is 0 Å². The second kappa shape index (κ2) is 5.24. The lowest BCUT2D eigenvalue weighted by molar-refractivity contribution is 1.13. The van der Waals surface area contributed by atoms with Gasteiger partial charge < -0.3 is 14.9 Å². The van der Waals surface area contributed by atoms with Crippen molar-refractivity contribution >= 4 is 28.1 Å². The average Bonchev–Trinajstić information content (AvgIpc) is 2.84. The first kappa shape index (κ1) is 13.1. The number of hydrogen-bond donors (Lipinski definition) is 2. The molecular formula is C15H15N5O. The quantitative estimate of drug-likeness (QED) is 0.722. The molecule has 0 atom stereocenters. The fourth-order valence-electron chi connectivity index (χ4n) is 2.02. The van der Waals surface area contributed by atoms with Crippen LogP contribution in [0.3, 0.4) is 0 Å². The highest BCUT2D eigenvalue weighted by atomic mass is 16.1. The summed E-state index contributed by atoms with van der Waals surface area (Å²) in [5.74, 6) is 0. The van der Waals surface area contributed by atoms with E-state index in [-0.39, 0.29) is 5.69 Å². The Morgan fingerprint density at radius 2 is 1.48 bits per heavy atom. The largest absolute Gasteiger partial charge is 0.378 e. The van der Waals surface area contributed by atoms with E-state index in [1.165, 1.54) is 0 Å². The predicted octanol–water partition coefficient (Wildman–Crippen LogP) is 3.34. The first-order valence-corrected chi connectivity index (χ1v) is 6.53. The van der Waals surface area contributed by atoms with Gasteiger partial charge in [0.1, 0.15) is 0 Å². The Bertz CT molecular complexity index is 842. The standard InChI is InChI=1S/C15H15N5O/c1-20(2)12-6-3-10(4-7-12)18-19-11-5-8-13-14(9-11)17-15(21)16-13/h3-9H,1-2H3,(H2,16,17,21). The zero-order valence-corrected chi connectivity index (χ0v) is 11.8. The third-order valence-electron chi connectivity index (χ3n) is 3.15. The smallest absolute Gasteiger partial charge is 0.323 e. The molecule has 0 saturated heterocycles. The van der Waals surface area contributed by atoms with E-state index in [0.717, 1.165) is 22.4 Å². The van der Waals surface area contributed by atoms with Crippen molar-refractivity contribution < 1.29 is 0 Å². The van der Waals surface area contributed by atoms with Crippen molar-refractivity contribution in [3.63, 3.8) is 0 Å². The normalized spacial score (nSPS) is 11.3. The minimum absolute atomic E-state index is 0.224. The highest BCUT2D eigenvalue weighted by Gasteiger charge is 1.99. The van der Waals surface area contributed by atoms with Crippen LogP contribution in [0.25, 0.3) is 11.0 Å². The molecule has 1 aromatic heterocycles. The molecule has 0 aliphatic carbocycles. The Hall–Kier alpha value is -2.89. The Labute approximate surface area is 121 Å². The predicted molar refractivity (Wildman–Crippen MR) is 83.9 cm³/mol. The van der Waals surface area contributed by atoms with Gasteiger partial charge in [0.2, 0.25) is 0 Å². The van der Waals surface area contributed by atoms with E-state index in [0.29, 0.717) is 5.69 Å². The van der Waals surface area contributed by atoms with Crippen molar-refractivity contribution in [2.24, 2.45) is 10.2 Å². The Kier molecular flexibility index (Phi) is 3.27. The molecule has 0 saturated carbocycles. The van der Waals surface area contributed by atoms with Crippen LogP contribution < -0.4 is 10.6 Å². The minimum atomic E-state index is -0.224. The van der Waals surface area contributed by atoms with Gasteiger partial charge in [0.25, 0.3) is 0 Å². The number of aromatic nitrogens is 2. The Morgan fingerprint density at radius 3 is 2.19 bits per heavy atom. The van der Waals surface area contributed by atoms with E-state index >= 15 is 0 Å². The molecule has 0 unspecified atom stereocenters. The number of H-pyrrole nitrogens is 2. The zero-order chi connectivity index (χ0) is 14.8. The minimum Gasteiger partial charge on any atom is -0.378 e. The third kappa shape index (κ3) is 2.84. The number of benzene rings is 2. The lowest BCUT2D eigenvalue weighted by Crippen LogP contribution is -2.07. The van der Waals surface area contributed by atoms with E-state index in [4.69, 9.17) is 0 Å². The highest BCUT2D eigenvalue weighted by Crippen LogP contribution is 2.22. The molecule has 6 nitrogen and oxygen atoms in total. The summed E-state index contributed by atoms with van der Waals surface area (Å²) in [5.41, 5.74) is 3.84. The molecule has 106 valence electrons. The summed E-state index contributed by atoms with van der Waals surface area (Å²) < 4.78 is 0. The molecular weight excluding hydrogens is 266 g/mol. The number of imidazole rings is 1. The van der Waals surface area contributed by atoms with Crippen molar-refractivity contribution in [3.8, 4) is 0 Å². The SMILES string of the molecule is CN(C)c1ccc(N=Nc2ccc3[nH]c(=O)[nH]c3c2)cc1. The molecule has 0 aliphatic heterocycles. The number of hydrogen-bond acceptors (Lipinski definition) is 4. The summed E-state index contributed by atoms with van der Waals surface area (Å²) in [5, 5.41) is 8.38. The van der Waals surface area contributed by atoms with Gasteiger partial charge in [0.05, 0.1) is 22.4 Å². The number of nitrogens with zero attached hydrogens (tertiary/aromatic N) is 3. The monoisotopic (exact) mass is 281 g/mol. The van der Waals surface area contributed by atoms with Gasteiger partial charge in [-0.2, -0.15) is 10.2 Å². The maximum Gasteiger partial charge on any atom is 0.323 e. The van der Waals surface area contributed by atoms with Crippen molar-refractivity contribution in [2.75, 3.05) is 19.0 Å². The van der Waals surface area contributed by atoms with Gasteiger partial charge in [-0.15, -0.1) is 0 Å². The summed E-state index contributed by atoms with van der Waals surface area (Å²) in [6.07, 6.45) is 0. The summed E-state index contributed by atoms with van der Waals surface area (Å²) in [6, 6.07) is 13.2. The Morgan fingerprint density at radius 1 is 0.857 bits per heavy atom. The number of nitrogens with one attached hydrogen (secondary N) is 2. The van der Waals surface area contributed by atoms with E-state index in [1.807, 2.05) is 49.3 Å². The van der Waals surface area contributed by atoms with Gasteiger partial charge in [0.15, 0.2) is 0 Å². The van der Waals surface area contributed by atoms with Gasteiger partial charge in [-0.1, -0.05) is 0 Å². The highest BCUT2D eigenvalue weighted by molar-refractivity contribution is 5.77. The molecule has 21 heavy (non-hydrogen) atoms. The van der Waals surface area contributed by atoms with Gasteiger partial charge in [-0.3, -0.25) is 0 Å². The van der Waals surface area contributed by atoms with E-state index in [2.05, 4.69) is 20.2 Å². The fraction of sp³-hybridized carbons (Fsp3) is 0.133. The zero-order valence-electron chi connectivity index (χ0n) is 11.8. The molecule has 2 N–H and O–H groups in total. The fourth-order valence-corrected chi connectivity index (χ4v) is 2.02. The molecule has 0 fully saturated rings. The third-order valence-corrected chi connectivity index (χ3v) is 3.15. The second-order valence-corrected chi connectivity index (χ2v) is 4.92. The van der Waals surface area contributed by atoms with Crippen LogP contribution in [-0.2, 0) is 0 Å². The van der Waals surface area contributed by atoms with Crippen LogP contribution in [0.2, 0.25) is 0 Å². The van der Waals surface area contributed by atoms with Gasteiger partial charge in [-0.05, 0) is 42.5 Å². The number of azo groups is 1. The van der Waals surface area contributed by atoms with E-state index < -0.39 is 0 Å². The molecule has 2 aromatic carbocycles. The van der Waals surface area contributed by atoms with Crippen LogP contribution in [0.5, 0.6) is 0 Å². The topological polar surface area (TPSA) is 76.6 Å². The molecule has 0 aliphatic rings. The summed E-state index contributed by atoms with van der Waals surface area (Å²) in [7, 11) is 3.98. The van der Waals surface area contributed by atoms with Gasteiger partial charge >= 0.3 is 5.69 Å². The lowest BCUT2D eigenvalue weighted by atomic mass is 10.3. The number of aromatic amines is 2. The van der Waals surface area contributed by atoms with Crippen molar-refractivity contribution in [3.05, 3.63) is 52.9 Å². The van der Waals surface area contributed by atoms with Gasteiger partial charge in [0, 0.05) is 19.8 Å². The van der Waals surface area contributed by atoms with E-state index in [9.17, 15) is 4.79 Å². The molecule has 0 radical (unpaired) electrons. The van der Waals surface area contributed by atoms with Gasteiger partial charge in [-0.25, -0.2) is 4.79 Å². The summed E-state index contributed by atoms with van der Waals surface area (Å²) >= 11 is 0. The molecule has 6 heteroatoms. The average molecular weight is 281 g/mol. The maximum absolute atomic E-state index is 11.2. The van der Waals surface area contributed by atoms with Crippen LogP contribution in [0.1, 0.15) is 0 Å². The summed E-state index contributed by atoms with van der Waals surface area (Å²) in [4.78, 5) is 18.6. The molecule has 0 spiro atoms. The molecule has 0 bridgehead atoms. The maximum atomic E-state index is 11.2. The van der Waals surface area contributed by atoms with Crippen LogP contribution in [0, 0.1) is 0 Å². The van der Waals surface area contributed by atoms with Crippen LogP contribution in [-0.4, -0.2) is 24.1 Å². The molecule has 3 aromatic rings. The second-order valence-electron chi connectivity index (χ2n) is 4.92. The first-order valence-electron chi connectivity index (χ1n) is 6.53. The number of fused-ring (bicyclic) bond motifs is 1. The van der Waals surface area contributed by atoms with Crippen molar-refractivity contribution in [2.45, 2.75) is 0 Å². The molecule has 3 rings (SSSR count). The first-order chi connectivity index (χ1) is 10.1. The summed E-state index contributed by atoms with van der Waals surface area (Å²) in [6.45, 7) is 0. The molecule has 1 heterocycles. The van der Waals surface area contributed by atoms with Crippen LogP contribution in [0.15, 0.2) is 57.5 Å². The number of rotatable bonds is 3. The molecule has 0 amide bonds. The van der Waals surface area contributed by atoms with Crippen LogP contribution >= 0.6 is 0 Å².